The SMILES string of the molecule is CC1CCN(C(=O)OC(C)(C)C)C1.CS(=O)O. The van der Waals surface area contributed by atoms with Gasteiger partial charge in [-0.25, -0.2) is 9.00 Å². The van der Waals surface area contributed by atoms with Gasteiger partial charge in [-0.05, 0) is 33.1 Å². The maximum atomic E-state index is 11.5. The zero-order valence-electron chi connectivity index (χ0n) is 11.2. The average Bonchev–Trinajstić information content (AvgIpc) is 2.47. The van der Waals surface area contributed by atoms with Crippen LogP contribution in [0.1, 0.15) is 34.1 Å². The van der Waals surface area contributed by atoms with Crippen LogP contribution in [0.2, 0.25) is 0 Å². The van der Waals surface area contributed by atoms with Crippen molar-refractivity contribution in [3.05, 3.63) is 0 Å². The molecular weight excluding hydrogens is 242 g/mol. The first kappa shape index (κ1) is 16.4. The van der Waals surface area contributed by atoms with Crippen LogP contribution in [0, 0.1) is 5.92 Å². The van der Waals surface area contributed by atoms with Gasteiger partial charge in [0.05, 0.1) is 0 Å². The molecule has 1 aliphatic rings. The van der Waals surface area contributed by atoms with Crippen LogP contribution in [-0.4, -0.2) is 44.7 Å². The zero-order valence-corrected chi connectivity index (χ0v) is 12.0. The van der Waals surface area contributed by atoms with E-state index in [1.807, 2.05) is 20.8 Å². The van der Waals surface area contributed by atoms with E-state index in [1.54, 1.807) is 4.90 Å². The number of hydrogen-bond donors (Lipinski definition) is 1. The molecule has 1 heterocycles. The number of likely N-dealkylation sites (tertiary alicyclic amines) is 1. The fraction of sp³-hybridized carbons (Fsp3) is 0.909. The highest BCUT2D eigenvalue weighted by atomic mass is 32.2. The topological polar surface area (TPSA) is 66.8 Å². The molecule has 0 radical (unpaired) electrons. The van der Waals surface area contributed by atoms with Crippen LogP contribution < -0.4 is 0 Å². The first-order valence-electron chi connectivity index (χ1n) is 5.62. The molecule has 0 aromatic carbocycles. The standard InChI is InChI=1S/C10H19NO2.CH4O2S/c1-8-5-6-11(7-8)9(12)13-10(2,3)4;1-4(2)3/h8H,5-7H2,1-4H3;1H3,(H,2,3). The van der Waals surface area contributed by atoms with Gasteiger partial charge in [0.2, 0.25) is 0 Å². The molecule has 102 valence electrons. The quantitative estimate of drug-likeness (QED) is 0.681. The summed E-state index contributed by atoms with van der Waals surface area (Å²) in [7, 11) is 0. The minimum Gasteiger partial charge on any atom is -0.444 e. The van der Waals surface area contributed by atoms with Crippen molar-refractivity contribution in [2.24, 2.45) is 5.92 Å². The van der Waals surface area contributed by atoms with Crippen LogP contribution in [0.25, 0.3) is 0 Å². The Morgan fingerprint density at radius 3 is 2.24 bits per heavy atom. The Hall–Kier alpha value is -0.620. The second kappa shape index (κ2) is 6.96. The van der Waals surface area contributed by atoms with Crippen LogP contribution in [0.3, 0.4) is 0 Å². The van der Waals surface area contributed by atoms with Crippen LogP contribution in [0.4, 0.5) is 4.79 Å². The lowest BCUT2D eigenvalue weighted by atomic mass is 10.2. The van der Waals surface area contributed by atoms with Gasteiger partial charge in [0.15, 0.2) is 0 Å². The van der Waals surface area contributed by atoms with E-state index in [0.717, 1.165) is 19.5 Å². The Morgan fingerprint density at radius 2 is 1.94 bits per heavy atom. The predicted molar refractivity (Wildman–Crippen MR) is 68.3 cm³/mol. The second-order valence-corrected chi connectivity index (χ2v) is 6.09. The normalized spacial score (nSPS) is 21.5. The molecule has 0 spiro atoms. The Bertz CT molecular complexity index is 271. The van der Waals surface area contributed by atoms with Gasteiger partial charge >= 0.3 is 6.09 Å². The molecule has 2 unspecified atom stereocenters. The van der Waals surface area contributed by atoms with Gasteiger partial charge < -0.3 is 14.2 Å². The monoisotopic (exact) mass is 265 g/mol. The van der Waals surface area contributed by atoms with Gasteiger partial charge in [0, 0.05) is 19.3 Å². The summed E-state index contributed by atoms with van der Waals surface area (Å²) in [4.78, 5) is 13.3. The molecule has 17 heavy (non-hydrogen) atoms. The highest BCUT2D eigenvalue weighted by Gasteiger charge is 2.27. The van der Waals surface area contributed by atoms with Crippen LogP contribution in [0.5, 0.6) is 0 Å². The molecule has 1 aliphatic heterocycles. The number of ether oxygens (including phenoxy) is 1. The first-order valence-corrected chi connectivity index (χ1v) is 7.13. The Morgan fingerprint density at radius 1 is 1.47 bits per heavy atom. The lowest BCUT2D eigenvalue weighted by molar-refractivity contribution is 0.0289. The molecule has 1 saturated heterocycles. The lowest BCUT2D eigenvalue weighted by Gasteiger charge is -2.24. The van der Waals surface area contributed by atoms with Gasteiger partial charge in [-0.1, -0.05) is 6.92 Å². The fourth-order valence-corrected chi connectivity index (χ4v) is 1.43. The molecule has 0 bridgehead atoms. The summed E-state index contributed by atoms with van der Waals surface area (Å²) in [5.74, 6) is 0.618. The highest BCUT2D eigenvalue weighted by Crippen LogP contribution is 2.18. The minimum absolute atomic E-state index is 0.170. The van der Waals surface area contributed by atoms with Gasteiger partial charge in [-0.3, -0.25) is 0 Å². The second-order valence-electron chi connectivity index (χ2n) is 5.24. The molecule has 0 aromatic rings. The van der Waals surface area contributed by atoms with Gasteiger partial charge in [-0.2, -0.15) is 0 Å². The van der Waals surface area contributed by atoms with E-state index in [2.05, 4.69) is 6.92 Å². The van der Waals surface area contributed by atoms with Crippen LogP contribution in [-0.2, 0) is 15.8 Å². The van der Waals surface area contributed by atoms with Crippen molar-refractivity contribution in [2.75, 3.05) is 19.3 Å². The van der Waals surface area contributed by atoms with Crippen molar-refractivity contribution in [2.45, 2.75) is 39.7 Å². The van der Waals surface area contributed by atoms with E-state index in [1.165, 1.54) is 6.26 Å². The third kappa shape index (κ3) is 9.12. The summed E-state index contributed by atoms with van der Waals surface area (Å²) in [6, 6.07) is 0. The summed E-state index contributed by atoms with van der Waals surface area (Å²) in [5.41, 5.74) is -0.372. The summed E-state index contributed by atoms with van der Waals surface area (Å²) in [6.45, 7) is 9.52. The number of nitrogens with zero attached hydrogens (tertiary/aromatic N) is 1. The number of carbonyl (C=O) groups excluding carboxylic acids is 1. The molecule has 0 aliphatic carbocycles. The van der Waals surface area contributed by atoms with Crippen molar-refractivity contribution < 1.29 is 18.3 Å². The molecule has 1 amide bonds. The molecule has 0 saturated carbocycles. The third-order valence-electron chi connectivity index (χ3n) is 2.08. The minimum atomic E-state index is -1.61. The number of rotatable bonds is 0. The summed E-state index contributed by atoms with van der Waals surface area (Å²) < 4.78 is 21.9. The van der Waals surface area contributed by atoms with E-state index in [9.17, 15) is 4.79 Å². The van der Waals surface area contributed by atoms with E-state index < -0.39 is 11.1 Å². The predicted octanol–water partition coefficient (Wildman–Crippen LogP) is 2.10. The maximum Gasteiger partial charge on any atom is 0.410 e. The number of hydrogen-bond acceptors (Lipinski definition) is 3. The smallest absolute Gasteiger partial charge is 0.410 e. The Kier molecular flexibility index (Phi) is 6.70. The summed E-state index contributed by atoms with van der Waals surface area (Å²) in [5, 5.41) is 0. The lowest BCUT2D eigenvalue weighted by Crippen LogP contribution is -2.35. The van der Waals surface area contributed by atoms with Crippen LogP contribution >= 0.6 is 0 Å². The molecule has 6 heteroatoms. The van der Waals surface area contributed by atoms with Gasteiger partial charge in [0.25, 0.3) is 0 Å². The summed E-state index contributed by atoms with van der Waals surface area (Å²) in [6.07, 6.45) is 2.12. The first-order chi connectivity index (χ1) is 7.61. The van der Waals surface area contributed by atoms with Crippen molar-refractivity contribution in [1.29, 1.82) is 0 Å². The molecule has 1 N–H and O–H groups in total. The highest BCUT2D eigenvalue weighted by molar-refractivity contribution is 7.78. The van der Waals surface area contributed by atoms with Crippen molar-refractivity contribution in [1.82, 2.24) is 4.90 Å². The maximum absolute atomic E-state index is 11.5. The van der Waals surface area contributed by atoms with E-state index in [-0.39, 0.29) is 11.7 Å². The molecule has 0 aromatic heterocycles. The van der Waals surface area contributed by atoms with E-state index >= 15 is 0 Å². The van der Waals surface area contributed by atoms with Crippen LogP contribution in [0.15, 0.2) is 0 Å². The number of carbonyl (C=O) groups is 1. The molecule has 5 nitrogen and oxygen atoms in total. The zero-order chi connectivity index (χ0) is 13.6. The molecule has 1 rings (SSSR count). The number of amides is 1. The van der Waals surface area contributed by atoms with Crippen molar-refractivity contribution in [3.8, 4) is 0 Å². The molecule has 2 atom stereocenters. The van der Waals surface area contributed by atoms with Gasteiger partial charge in [0.1, 0.15) is 16.7 Å². The van der Waals surface area contributed by atoms with Crippen molar-refractivity contribution >= 4 is 17.2 Å². The third-order valence-corrected chi connectivity index (χ3v) is 2.08. The largest absolute Gasteiger partial charge is 0.444 e. The van der Waals surface area contributed by atoms with E-state index in [0.29, 0.717) is 5.92 Å². The Balaban J connectivity index is 0.000000557. The van der Waals surface area contributed by atoms with Gasteiger partial charge in [-0.15, -0.1) is 0 Å². The average molecular weight is 265 g/mol. The fourth-order valence-electron chi connectivity index (χ4n) is 1.43. The summed E-state index contributed by atoms with van der Waals surface area (Å²) >= 11 is -1.61. The van der Waals surface area contributed by atoms with Crippen molar-refractivity contribution in [3.63, 3.8) is 0 Å². The molecular formula is C11H23NO4S. The Labute approximate surface area is 106 Å². The molecule has 1 fully saturated rings. The van der Waals surface area contributed by atoms with E-state index in [4.69, 9.17) is 13.5 Å².